The molecule has 0 amide bonds. The second kappa shape index (κ2) is 3.00. The summed E-state index contributed by atoms with van der Waals surface area (Å²) in [6, 6.07) is 0.697. The van der Waals surface area contributed by atoms with Crippen LogP contribution in [0.3, 0.4) is 0 Å². The molecule has 2 nitrogen and oxygen atoms in total. The molecule has 0 aromatic rings. The molecule has 1 aliphatic heterocycles. The van der Waals surface area contributed by atoms with Crippen molar-refractivity contribution in [1.82, 2.24) is 10.6 Å². The molecule has 2 N–H and O–H groups in total. The Balaban J connectivity index is 1.96. The molecule has 0 unspecified atom stereocenters. The highest BCUT2D eigenvalue weighted by atomic mass is 15.3. The monoisotopic (exact) mass is 168 g/mol. The van der Waals surface area contributed by atoms with Gasteiger partial charge in [-0.1, -0.05) is 26.7 Å². The lowest BCUT2D eigenvalue weighted by molar-refractivity contribution is 0.315. The fourth-order valence-corrected chi connectivity index (χ4v) is 2.46. The molecular weight excluding hydrogens is 148 g/mol. The highest BCUT2D eigenvalue weighted by molar-refractivity contribution is 4.99. The third kappa shape index (κ3) is 1.38. The third-order valence-electron chi connectivity index (χ3n) is 3.38. The predicted octanol–water partition coefficient (Wildman–Crippen LogP) is 1.47. The topological polar surface area (TPSA) is 24.1 Å². The first-order chi connectivity index (χ1) is 5.72. The van der Waals surface area contributed by atoms with Crippen LogP contribution in [0.15, 0.2) is 0 Å². The van der Waals surface area contributed by atoms with E-state index in [1.54, 1.807) is 0 Å². The van der Waals surface area contributed by atoms with Crippen molar-refractivity contribution in [2.24, 2.45) is 5.92 Å². The Morgan fingerprint density at radius 2 is 1.92 bits per heavy atom. The zero-order valence-electron chi connectivity index (χ0n) is 8.19. The van der Waals surface area contributed by atoms with Crippen molar-refractivity contribution >= 4 is 0 Å². The van der Waals surface area contributed by atoms with Crippen molar-refractivity contribution in [1.29, 1.82) is 0 Å². The molecule has 70 valence electrons. The summed E-state index contributed by atoms with van der Waals surface area (Å²) in [5.74, 6) is 0.762. The molecule has 2 aliphatic rings. The molecule has 0 aromatic carbocycles. The summed E-state index contributed by atoms with van der Waals surface area (Å²) in [6.45, 7) is 5.76. The molecule has 0 aromatic heterocycles. The Labute approximate surface area is 75.1 Å². The van der Waals surface area contributed by atoms with Gasteiger partial charge < -0.3 is 0 Å². The largest absolute Gasteiger partial charge is 0.298 e. The minimum atomic E-state index is 0.342. The smallest absolute Gasteiger partial charge is 0.0690 e. The average Bonchev–Trinajstić information content (AvgIpc) is 2.62. The lowest BCUT2D eigenvalue weighted by Crippen LogP contribution is -2.48. The van der Waals surface area contributed by atoms with Crippen LogP contribution in [0.5, 0.6) is 0 Å². The maximum absolute atomic E-state index is 3.75. The van der Waals surface area contributed by atoms with E-state index in [9.17, 15) is 0 Å². The molecule has 12 heavy (non-hydrogen) atoms. The fourth-order valence-electron chi connectivity index (χ4n) is 2.46. The summed E-state index contributed by atoms with van der Waals surface area (Å²) in [4.78, 5) is 0. The van der Waals surface area contributed by atoms with Gasteiger partial charge in [0.2, 0.25) is 0 Å². The summed E-state index contributed by atoms with van der Waals surface area (Å²) >= 11 is 0. The first-order valence-corrected chi connectivity index (χ1v) is 5.25. The van der Waals surface area contributed by atoms with Gasteiger partial charge in [-0.15, -0.1) is 0 Å². The highest BCUT2D eigenvalue weighted by Crippen LogP contribution is 2.31. The van der Waals surface area contributed by atoms with E-state index >= 15 is 0 Å². The molecule has 2 heteroatoms. The molecule has 2 rings (SSSR count). The average molecular weight is 168 g/mol. The van der Waals surface area contributed by atoms with Gasteiger partial charge in [-0.3, -0.25) is 10.6 Å². The molecule has 1 saturated heterocycles. The lowest BCUT2D eigenvalue weighted by atomic mass is 10.1. The van der Waals surface area contributed by atoms with Crippen LogP contribution in [0, 0.1) is 5.92 Å². The van der Waals surface area contributed by atoms with Crippen LogP contribution < -0.4 is 10.6 Å². The van der Waals surface area contributed by atoms with Gasteiger partial charge in [0.1, 0.15) is 0 Å². The minimum absolute atomic E-state index is 0.342. The van der Waals surface area contributed by atoms with E-state index in [0.29, 0.717) is 11.7 Å². The summed E-state index contributed by atoms with van der Waals surface area (Å²) in [5.41, 5.74) is 0.342. The van der Waals surface area contributed by atoms with E-state index in [0.717, 1.165) is 12.5 Å². The van der Waals surface area contributed by atoms with Crippen LogP contribution in [0.25, 0.3) is 0 Å². The van der Waals surface area contributed by atoms with Gasteiger partial charge in [0.15, 0.2) is 0 Å². The van der Waals surface area contributed by atoms with E-state index in [1.807, 2.05) is 0 Å². The number of rotatable bonds is 1. The van der Waals surface area contributed by atoms with Crippen LogP contribution in [0.1, 0.15) is 39.5 Å². The highest BCUT2D eigenvalue weighted by Gasteiger charge is 2.40. The molecule has 2 fully saturated rings. The van der Waals surface area contributed by atoms with Gasteiger partial charge in [0.25, 0.3) is 0 Å². The van der Waals surface area contributed by atoms with Crippen molar-refractivity contribution in [2.75, 3.05) is 6.54 Å². The molecule has 0 radical (unpaired) electrons. The molecule has 1 spiro atoms. The first-order valence-electron chi connectivity index (χ1n) is 5.25. The second-order valence-corrected chi connectivity index (χ2v) is 4.66. The number of nitrogens with one attached hydrogen (secondary N) is 2. The molecular formula is C10H20N2. The standard InChI is InChI=1S/C10H20N2/c1-8(2)9-7-11-10(12-9)5-3-4-6-10/h8-9,11-12H,3-7H2,1-2H3/t9-/m1/s1. The zero-order valence-corrected chi connectivity index (χ0v) is 8.19. The van der Waals surface area contributed by atoms with Gasteiger partial charge in [-0.05, 0) is 18.8 Å². The molecule has 1 saturated carbocycles. The molecule has 1 heterocycles. The summed E-state index contributed by atoms with van der Waals surface area (Å²) in [6.07, 6.45) is 5.45. The Bertz CT molecular complexity index is 159. The Kier molecular flexibility index (Phi) is 2.13. The Morgan fingerprint density at radius 1 is 1.25 bits per heavy atom. The fraction of sp³-hybridized carbons (Fsp3) is 1.00. The van der Waals surface area contributed by atoms with Crippen molar-refractivity contribution < 1.29 is 0 Å². The Morgan fingerprint density at radius 3 is 2.42 bits per heavy atom. The van der Waals surface area contributed by atoms with Crippen molar-refractivity contribution in [3.63, 3.8) is 0 Å². The zero-order chi connectivity index (χ0) is 8.60. The SMILES string of the molecule is CC(C)[C@H]1CNC2(CCCC2)N1. The van der Waals surface area contributed by atoms with Crippen LogP contribution in [0.4, 0.5) is 0 Å². The van der Waals surface area contributed by atoms with Gasteiger partial charge in [-0.2, -0.15) is 0 Å². The minimum Gasteiger partial charge on any atom is -0.298 e. The third-order valence-corrected chi connectivity index (χ3v) is 3.38. The van der Waals surface area contributed by atoms with E-state index in [1.165, 1.54) is 25.7 Å². The normalized spacial score (nSPS) is 33.8. The van der Waals surface area contributed by atoms with Crippen LogP contribution in [-0.4, -0.2) is 18.2 Å². The molecule has 1 aliphatic carbocycles. The van der Waals surface area contributed by atoms with Gasteiger partial charge >= 0.3 is 0 Å². The summed E-state index contributed by atoms with van der Waals surface area (Å²) in [7, 11) is 0. The van der Waals surface area contributed by atoms with Crippen LogP contribution in [-0.2, 0) is 0 Å². The lowest BCUT2D eigenvalue weighted by Gasteiger charge is -2.25. The van der Waals surface area contributed by atoms with Crippen LogP contribution >= 0.6 is 0 Å². The molecule has 0 bridgehead atoms. The van der Waals surface area contributed by atoms with Crippen molar-refractivity contribution in [2.45, 2.75) is 51.2 Å². The predicted molar refractivity (Wildman–Crippen MR) is 51.0 cm³/mol. The van der Waals surface area contributed by atoms with E-state index < -0.39 is 0 Å². The number of hydrogen-bond donors (Lipinski definition) is 2. The van der Waals surface area contributed by atoms with Gasteiger partial charge in [-0.25, -0.2) is 0 Å². The van der Waals surface area contributed by atoms with Crippen molar-refractivity contribution in [3.8, 4) is 0 Å². The summed E-state index contributed by atoms with van der Waals surface area (Å²) < 4.78 is 0. The first kappa shape index (κ1) is 8.52. The van der Waals surface area contributed by atoms with Gasteiger partial charge in [0, 0.05) is 12.6 Å². The van der Waals surface area contributed by atoms with E-state index in [4.69, 9.17) is 0 Å². The second-order valence-electron chi connectivity index (χ2n) is 4.66. The Hall–Kier alpha value is -0.0800. The van der Waals surface area contributed by atoms with E-state index in [-0.39, 0.29) is 0 Å². The quantitative estimate of drug-likeness (QED) is 0.619. The number of hydrogen-bond acceptors (Lipinski definition) is 2. The maximum atomic E-state index is 3.75. The molecule has 1 atom stereocenters. The van der Waals surface area contributed by atoms with E-state index in [2.05, 4.69) is 24.5 Å². The van der Waals surface area contributed by atoms with Gasteiger partial charge in [0.05, 0.1) is 5.66 Å². The summed E-state index contributed by atoms with van der Waals surface area (Å²) in [5, 5.41) is 7.41. The maximum Gasteiger partial charge on any atom is 0.0690 e. The van der Waals surface area contributed by atoms with Crippen molar-refractivity contribution in [3.05, 3.63) is 0 Å². The van der Waals surface area contributed by atoms with Crippen LogP contribution in [0.2, 0.25) is 0 Å².